The fourth-order valence-corrected chi connectivity index (χ4v) is 2.87. The maximum Gasteiger partial charge on any atom is 0.279 e. The first kappa shape index (κ1) is 20.3. The minimum atomic E-state index is -0.758. The van der Waals surface area contributed by atoms with Gasteiger partial charge in [-0.05, 0) is 47.6 Å². The van der Waals surface area contributed by atoms with Crippen molar-refractivity contribution in [2.45, 2.75) is 19.4 Å². The van der Waals surface area contributed by atoms with E-state index in [0.717, 1.165) is 16.3 Å². The molecule has 0 aromatic heterocycles. The number of thiocarbonyl (C=S) groups is 1. The van der Waals surface area contributed by atoms with E-state index in [0.29, 0.717) is 5.75 Å². The molecule has 3 rings (SSSR count). The predicted molar refractivity (Wildman–Crippen MR) is 116 cm³/mol. The van der Waals surface area contributed by atoms with Crippen molar-refractivity contribution in [2.24, 2.45) is 0 Å². The van der Waals surface area contributed by atoms with E-state index >= 15 is 0 Å². The zero-order valence-corrected chi connectivity index (χ0v) is 16.7. The van der Waals surface area contributed by atoms with Crippen molar-refractivity contribution in [3.63, 3.8) is 0 Å². The number of rotatable bonds is 5. The van der Waals surface area contributed by atoms with Crippen molar-refractivity contribution in [1.82, 2.24) is 16.2 Å². The van der Waals surface area contributed by atoms with E-state index < -0.39 is 12.0 Å². The molecule has 148 valence electrons. The Labute approximate surface area is 174 Å². The smallest absolute Gasteiger partial charge is 0.279 e. The van der Waals surface area contributed by atoms with E-state index in [1.54, 1.807) is 6.92 Å². The van der Waals surface area contributed by atoms with Crippen LogP contribution in [0.4, 0.5) is 0 Å². The van der Waals surface area contributed by atoms with Crippen LogP contribution in [-0.2, 0) is 16.0 Å². The summed E-state index contributed by atoms with van der Waals surface area (Å²) < 4.78 is 5.69. The predicted octanol–water partition coefficient (Wildman–Crippen LogP) is 2.87. The van der Waals surface area contributed by atoms with Crippen LogP contribution in [0, 0.1) is 0 Å². The molecule has 3 aromatic rings. The maximum atomic E-state index is 12.2. The van der Waals surface area contributed by atoms with Gasteiger partial charge in [0, 0.05) is 0 Å². The molecule has 0 aliphatic rings. The van der Waals surface area contributed by atoms with Crippen LogP contribution in [0.5, 0.6) is 5.75 Å². The third-order valence-corrected chi connectivity index (χ3v) is 4.37. The van der Waals surface area contributed by atoms with Crippen LogP contribution in [0.15, 0.2) is 72.8 Å². The Hall–Kier alpha value is -3.45. The van der Waals surface area contributed by atoms with Crippen LogP contribution in [0.2, 0.25) is 0 Å². The van der Waals surface area contributed by atoms with Crippen LogP contribution in [0.1, 0.15) is 12.5 Å². The lowest BCUT2D eigenvalue weighted by Crippen LogP contribution is -2.51. The zero-order chi connectivity index (χ0) is 20.6. The van der Waals surface area contributed by atoms with Crippen molar-refractivity contribution >= 4 is 39.9 Å². The summed E-state index contributed by atoms with van der Waals surface area (Å²) in [6.45, 7) is 1.63. The molecular formula is C22H21N3O3S. The van der Waals surface area contributed by atoms with Crippen molar-refractivity contribution < 1.29 is 14.3 Å². The van der Waals surface area contributed by atoms with Gasteiger partial charge in [-0.2, -0.15) is 0 Å². The number of ether oxygens (including phenoxy) is 1. The van der Waals surface area contributed by atoms with Crippen molar-refractivity contribution in [3.8, 4) is 5.75 Å². The van der Waals surface area contributed by atoms with Gasteiger partial charge in [0.1, 0.15) is 5.75 Å². The van der Waals surface area contributed by atoms with Crippen LogP contribution in [0.3, 0.4) is 0 Å². The first-order chi connectivity index (χ1) is 14.0. The van der Waals surface area contributed by atoms with Crippen LogP contribution < -0.4 is 20.9 Å². The van der Waals surface area contributed by atoms with Gasteiger partial charge in [-0.1, -0.05) is 60.7 Å². The van der Waals surface area contributed by atoms with Crippen molar-refractivity contribution in [1.29, 1.82) is 0 Å². The Bertz CT molecular complexity index is 1020. The number of fused-ring (bicyclic) bond motifs is 1. The van der Waals surface area contributed by atoms with Gasteiger partial charge in [0.15, 0.2) is 11.2 Å². The molecule has 29 heavy (non-hydrogen) atoms. The molecule has 2 amide bonds. The molecule has 0 saturated heterocycles. The number of carbonyl (C=O) groups excluding carboxylic acids is 2. The molecule has 1 atom stereocenters. The topological polar surface area (TPSA) is 79.5 Å². The van der Waals surface area contributed by atoms with Crippen molar-refractivity contribution in [3.05, 3.63) is 78.4 Å². The summed E-state index contributed by atoms with van der Waals surface area (Å²) in [6, 6.07) is 22.8. The first-order valence-electron chi connectivity index (χ1n) is 9.10. The number of hydrazine groups is 1. The highest BCUT2D eigenvalue weighted by Gasteiger charge is 2.15. The number of hydrogen-bond donors (Lipinski definition) is 3. The van der Waals surface area contributed by atoms with Gasteiger partial charge in [-0.15, -0.1) is 0 Å². The van der Waals surface area contributed by atoms with Crippen LogP contribution in [-0.4, -0.2) is 23.0 Å². The molecule has 3 aromatic carbocycles. The monoisotopic (exact) mass is 407 g/mol. The van der Waals surface area contributed by atoms with Gasteiger partial charge in [0.25, 0.3) is 5.91 Å². The lowest BCUT2D eigenvalue weighted by atomic mass is 10.1. The lowest BCUT2D eigenvalue weighted by Gasteiger charge is -2.16. The van der Waals surface area contributed by atoms with Crippen LogP contribution >= 0.6 is 12.2 Å². The first-order valence-corrected chi connectivity index (χ1v) is 9.51. The molecule has 0 bridgehead atoms. The molecule has 0 fully saturated rings. The summed E-state index contributed by atoms with van der Waals surface area (Å²) >= 11 is 5.04. The Morgan fingerprint density at radius 1 is 0.931 bits per heavy atom. The molecule has 3 N–H and O–H groups in total. The number of hydrogen-bond acceptors (Lipinski definition) is 4. The van der Waals surface area contributed by atoms with Gasteiger partial charge < -0.3 is 10.1 Å². The highest BCUT2D eigenvalue weighted by atomic mass is 32.1. The highest BCUT2D eigenvalue weighted by molar-refractivity contribution is 7.80. The minimum absolute atomic E-state index is 0.0113. The molecular weight excluding hydrogens is 386 g/mol. The number of carbonyl (C=O) groups is 2. The van der Waals surface area contributed by atoms with Gasteiger partial charge >= 0.3 is 0 Å². The number of nitrogens with one attached hydrogen (secondary N) is 3. The normalized spacial score (nSPS) is 11.3. The third-order valence-electron chi connectivity index (χ3n) is 4.16. The minimum Gasteiger partial charge on any atom is -0.481 e. The number of benzene rings is 3. The molecule has 0 spiro atoms. The average Bonchev–Trinajstić information content (AvgIpc) is 2.72. The second kappa shape index (κ2) is 9.66. The molecule has 0 heterocycles. The van der Waals surface area contributed by atoms with E-state index in [1.165, 1.54) is 0 Å². The Balaban J connectivity index is 1.45. The molecule has 0 radical (unpaired) electrons. The van der Waals surface area contributed by atoms with Gasteiger partial charge in [0.2, 0.25) is 5.91 Å². The molecule has 7 heteroatoms. The zero-order valence-electron chi connectivity index (χ0n) is 15.8. The Morgan fingerprint density at radius 3 is 2.38 bits per heavy atom. The van der Waals surface area contributed by atoms with E-state index in [1.807, 2.05) is 72.8 Å². The van der Waals surface area contributed by atoms with E-state index in [4.69, 9.17) is 17.0 Å². The van der Waals surface area contributed by atoms with Crippen LogP contribution in [0.25, 0.3) is 10.8 Å². The second-order valence-corrected chi connectivity index (χ2v) is 6.83. The average molecular weight is 407 g/mol. The fraction of sp³-hybridized carbons (Fsp3) is 0.136. The molecule has 0 aliphatic carbocycles. The van der Waals surface area contributed by atoms with E-state index in [-0.39, 0.29) is 17.4 Å². The summed E-state index contributed by atoms with van der Waals surface area (Å²) in [4.78, 5) is 24.2. The Morgan fingerprint density at radius 2 is 1.62 bits per heavy atom. The summed E-state index contributed by atoms with van der Waals surface area (Å²) in [7, 11) is 0. The van der Waals surface area contributed by atoms with Gasteiger partial charge in [-0.25, -0.2) is 0 Å². The Kier molecular flexibility index (Phi) is 6.76. The van der Waals surface area contributed by atoms with Gasteiger partial charge in [0.05, 0.1) is 6.42 Å². The van der Waals surface area contributed by atoms with Crippen molar-refractivity contribution in [2.75, 3.05) is 0 Å². The second-order valence-electron chi connectivity index (χ2n) is 6.42. The molecule has 6 nitrogen and oxygen atoms in total. The molecule has 0 saturated carbocycles. The molecule has 1 unspecified atom stereocenters. The highest BCUT2D eigenvalue weighted by Crippen LogP contribution is 2.21. The third kappa shape index (κ3) is 6.02. The summed E-state index contributed by atoms with van der Waals surface area (Å²) in [6.07, 6.45) is -0.565. The summed E-state index contributed by atoms with van der Waals surface area (Å²) in [5.41, 5.74) is 5.82. The standard InChI is InChI=1S/C22H21N3O3S/c1-15(28-19-12-11-17-9-5-6-10-18(17)14-19)21(27)24-25-22(29)23-20(26)13-16-7-3-2-4-8-16/h2-12,14-15H,13H2,1H3,(H,24,27)(H2,23,25,26,29). The SMILES string of the molecule is CC(Oc1ccc2ccccc2c1)C(=O)NNC(=S)NC(=O)Cc1ccccc1. The quantitative estimate of drug-likeness (QED) is 0.448. The number of amides is 2. The largest absolute Gasteiger partial charge is 0.481 e. The summed E-state index contributed by atoms with van der Waals surface area (Å²) in [5.74, 6) is -0.105. The van der Waals surface area contributed by atoms with E-state index in [9.17, 15) is 9.59 Å². The molecule has 0 aliphatic heterocycles. The summed E-state index contributed by atoms with van der Waals surface area (Å²) in [5, 5.41) is 4.65. The van der Waals surface area contributed by atoms with E-state index in [2.05, 4.69) is 16.2 Å². The lowest BCUT2D eigenvalue weighted by molar-refractivity contribution is -0.128. The van der Waals surface area contributed by atoms with Gasteiger partial charge in [-0.3, -0.25) is 20.4 Å². The maximum absolute atomic E-state index is 12.2. The fourth-order valence-electron chi connectivity index (χ4n) is 2.70.